The molecule has 1 saturated heterocycles. The number of fused-ring (bicyclic) bond motifs is 3. The zero-order chi connectivity index (χ0) is 20.5. The van der Waals surface area contributed by atoms with Gasteiger partial charge in [-0.3, -0.25) is 9.69 Å². The molecule has 0 aromatic heterocycles. The maximum absolute atomic E-state index is 13.3. The number of amides is 1. The first-order valence-corrected chi connectivity index (χ1v) is 10.6. The normalized spacial score (nSPS) is 22.7. The predicted molar refractivity (Wildman–Crippen MR) is 118 cm³/mol. The molecule has 3 atom stereocenters. The van der Waals surface area contributed by atoms with E-state index in [9.17, 15) is 9.90 Å². The molecule has 1 amide bonds. The third kappa shape index (κ3) is 3.32. The van der Waals surface area contributed by atoms with Gasteiger partial charge in [0.25, 0.3) is 0 Å². The summed E-state index contributed by atoms with van der Waals surface area (Å²) >= 11 is 0. The number of aliphatic hydroxyl groups excluding tert-OH is 1. The van der Waals surface area contributed by atoms with Crippen LogP contribution < -0.4 is 4.90 Å². The Morgan fingerprint density at radius 2 is 1.50 bits per heavy atom. The van der Waals surface area contributed by atoms with Gasteiger partial charge in [-0.25, -0.2) is 0 Å². The summed E-state index contributed by atoms with van der Waals surface area (Å²) in [6, 6.07) is 28.8. The predicted octanol–water partition coefficient (Wildman–Crippen LogP) is 3.60. The molecular weight excluding hydrogens is 372 g/mol. The van der Waals surface area contributed by atoms with Gasteiger partial charge >= 0.3 is 0 Å². The summed E-state index contributed by atoms with van der Waals surface area (Å²) in [6.45, 7) is 1.58. The second-order valence-electron chi connectivity index (χ2n) is 8.23. The minimum atomic E-state index is 0.0859. The van der Waals surface area contributed by atoms with Gasteiger partial charge in [0.2, 0.25) is 5.91 Å². The van der Waals surface area contributed by atoms with Gasteiger partial charge in [-0.05, 0) is 22.8 Å². The topological polar surface area (TPSA) is 43.8 Å². The lowest BCUT2D eigenvalue weighted by molar-refractivity contribution is -0.119. The van der Waals surface area contributed by atoms with Crippen molar-refractivity contribution in [1.29, 1.82) is 0 Å². The first-order valence-electron chi connectivity index (χ1n) is 10.6. The third-order valence-corrected chi connectivity index (χ3v) is 6.53. The van der Waals surface area contributed by atoms with E-state index in [2.05, 4.69) is 23.1 Å². The number of carbonyl (C=O) groups is 1. The number of carbonyl (C=O) groups excluding carboxylic acids is 1. The van der Waals surface area contributed by atoms with Crippen LogP contribution in [-0.4, -0.2) is 41.1 Å². The van der Waals surface area contributed by atoms with Crippen molar-refractivity contribution in [2.24, 2.45) is 0 Å². The van der Waals surface area contributed by atoms with Gasteiger partial charge < -0.3 is 10.0 Å². The monoisotopic (exact) mass is 398 g/mol. The van der Waals surface area contributed by atoms with Crippen molar-refractivity contribution >= 4 is 11.6 Å². The summed E-state index contributed by atoms with van der Waals surface area (Å²) in [4.78, 5) is 17.6. The molecule has 2 aliphatic rings. The summed E-state index contributed by atoms with van der Waals surface area (Å²) in [7, 11) is 0. The zero-order valence-corrected chi connectivity index (χ0v) is 16.9. The molecule has 5 rings (SSSR count). The highest BCUT2D eigenvalue weighted by molar-refractivity contribution is 5.96. The Labute approximate surface area is 177 Å². The Hall–Kier alpha value is -2.95. The second kappa shape index (κ2) is 8.05. The summed E-state index contributed by atoms with van der Waals surface area (Å²) in [5, 5.41) is 10.1. The number of benzene rings is 3. The van der Waals surface area contributed by atoms with Crippen LogP contribution in [0.25, 0.3) is 0 Å². The molecule has 2 heterocycles. The number of nitrogens with zero attached hydrogens (tertiary/aromatic N) is 2. The van der Waals surface area contributed by atoms with Crippen molar-refractivity contribution in [2.75, 3.05) is 18.1 Å². The van der Waals surface area contributed by atoms with E-state index in [4.69, 9.17) is 0 Å². The lowest BCUT2D eigenvalue weighted by atomic mass is 9.71. The number of aliphatic hydroxyl groups is 1. The van der Waals surface area contributed by atoms with Crippen molar-refractivity contribution in [2.45, 2.75) is 31.0 Å². The summed E-state index contributed by atoms with van der Waals surface area (Å²) in [5.41, 5.74) is 4.44. The number of rotatable bonds is 5. The highest BCUT2D eigenvalue weighted by Gasteiger charge is 2.52. The minimum Gasteiger partial charge on any atom is -0.395 e. The summed E-state index contributed by atoms with van der Waals surface area (Å²) in [6.07, 6.45) is 0.397. The van der Waals surface area contributed by atoms with E-state index in [0.717, 1.165) is 17.8 Å². The average molecular weight is 399 g/mol. The molecule has 0 spiro atoms. The van der Waals surface area contributed by atoms with E-state index >= 15 is 0 Å². The average Bonchev–Trinajstić information content (AvgIpc) is 2.79. The molecule has 1 N–H and O–H groups in total. The van der Waals surface area contributed by atoms with E-state index < -0.39 is 0 Å². The Bertz CT molecular complexity index is 1020. The molecule has 4 heteroatoms. The SMILES string of the molecule is O=C(Cc1ccccc1)N1C[C@H]2[C@@H](c3ccccc31)[C@@H](CO)N2Cc1ccccc1. The maximum atomic E-state index is 13.3. The molecule has 0 bridgehead atoms. The van der Waals surface area contributed by atoms with Crippen LogP contribution in [0.15, 0.2) is 84.9 Å². The van der Waals surface area contributed by atoms with Crippen LogP contribution in [0.1, 0.15) is 22.6 Å². The van der Waals surface area contributed by atoms with Crippen LogP contribution in [-0.2, 0) is 17.8 Å². The highest BCUT2D eigenvalue weighted by Crippen LogP contribution is 2.48. The molecule has 0 radical (unpaired) electrons. The Kier molecular flexibility index (Phi) is 5.11. The number of anilines is 1. The second-order valence-corrected chi connectivity index (χ2v) is 8.23. The summed E-state index contributed by atoms with van der Waals surface area (Å²) in [5.74, 6) is 0.384. The number of para-hydroxylation sites is 1. The third-order valence-electron chi connectivity index (χ3n) is 6.53. The van der Waals surface area contributed by atoms with Crippen molar-refractivity contribution in [1.82, 2.24) is 4.90 Å². The molecule has 0 saturated carbocycles. The van der Waals surface area contributed by atoms with Crippen molar-refractivity contribution in [3.05, 3.63) is 102 Å². The van der Waals surface area contributed by atoms with E-state index in [1.807, 2.05) is 71.6 Å². The van der Waals surface area contributed by atoms with Crippen molar-refractivity contribution in [3.8, 4) is 0 Å². The molecule has 30 heavy (non-hydrogen) atoms. The molecule has 4 nitrogen and oxygen atoms in total. The molecule has 3 aromatic carbocycles. The van der Waals surface area contributed by atoms with Gasteiger partial charge in [-0.15, -0.1) is 0 Å². The molecule has 152 valence electrons. The first-order chi connectivity index (χ1) is 14.8. The number of likely N-dealkylation sites (tertiary alicyclic amines) is 1. The molecule has 0 aliphatic carbocycles. The number of hydrogen-bond acceptors (Lipinski definition) is 3. The van der Waals surface area contributed by atoms with Crippen LogP contribution in [0, 0.1) is 0 Å². The van der Waals surface area contributed by atoms with Gasteiger partial charge in [0, 0.05) is 36.8 Å². The molecule has 1 fully saturated rings. The van der Waals surface area contributed by atoms with Gasteiger partial charge in [-0.2, -0.15) is 0 Å². The standard InChI is InChI=1S/C26H26N2O2/c29-18-24-26-21-13-7-8-14-22(21)28(25(30)15-19-9-3-1-4-10-19)17-23(26)27(24)16-20-11-5-2-6-12-20/h1-14,23-24,26,29H,15-18H2/t23-,24+,26+/m0/s1. The fourth-order valence-corrected chi connectivity index (χ4v) is 5.10. The van der Waals surface area contributed by atoms with Gasteiger partial charge in [-0.1, -0.05) is 78.9 Å². The van der Waals surface area contributed by atoms with E-state index in [-0.39, 0.29) is 30.5 Å². The van der Waals surface area contributed by atoms with E-state index in [1.54, 1.807) is 0 Å². The Morgan fingerprint density at radius 1 is 0.867 bits per heavy atom. The lowest BCUT2D eigenvalue weighted by Crippen LogP contribution is -2.68. The van der Waals surface area contributed by atoms with Gasteiger partial charge in [0.1, 0.15) is 0 Å². The van der Waals surface area contributed by atoms with Crippen LogP contribution in [0.2, 0.25) is 0 Å². The smallest absolute Gasteiger partial charge is 0.231 e. The highest BCUT2D eigenvalue weighted by atomic mass is 16.3. The van der Waals surface area contributed by atoms with Crippen LogP contribution >= 0.6 is 0 Å². The maximum Gasteiger partial charge on any atom is 0.231 e. The Morgan fingerprint density at radius 3 is 2.20 bits per heavy atom. The number of hydrogen-bond donors (Lipinski definition) is 1. The molecule has 0 unspecified atom stereocenters. The zero-order valence-electron chi connectivity index (χ0n) is 16.9. The molecular formula is C26H26N2O2. The fourth-order valence-electron chi connectivity index (χ4n) is 5.10. The van der Waals surface area contributed by atoms with Gasteiger partial charge in [0.15, 0.2) is 0 Å². The molecule has 3 aromatic rings. The van der Waals surface area contributed by atoms with Crippen LogP contribution in [0.5, 0.6) is 0 Å². The van der Waals surface area contributed by atoms with E-state index in [0.29, 0.717) is 13.0 Å². The largest absolute Gasteiger partial charge is 0.395 e. The fraction of sp³-hybridized carbons (Fsp3) is 0.269. The van der Waals surface area contributed by atoms with Crippen molar-refractivity contribution < 1.29 is 9.90 Å². The van der Waals surface area contributed by atoms with E-state index in [1.165, 1.54) is 11.1 Å². The Balaban J connectivity index is 1.44. The van der Waals surface area contributed by atoms with Crippen LogP contribution in [0.4, 0.5) is 5.69 Å². The first kappa shape index (κ1) is 19.0. The molecule has 2 aliphatic heterocycles. The van der Waals surface area contributed by atoms with Crippen LogP contribution in [0.3, 0.4) is 0 Å². The quantitative estimate of drug-likeness (QED) is 0.714. The lowest BCUT2D eigenvalue weighted by Gasteiger charge is -2.59. The summed E-state index contributed by atoms with van der Waals surface area (Å²) < 4.78 is 0. The van der Waals surface area contributed by atoms with Crippen molar-refractivity contribution in [3.63, 3.8) is 0 Å². The minimum absolute atomic E-state index is 0.0859. The van der Waals surface area contributed by atoms with Gasteiger partial charge in [0.05, 0.1) is 13.0 Å².